The van der Waals surface area contributed by atoms with Crippen LogP contribution in [0.15, 0.2) is 5.38 Å². The summed E-state index contributed by atoms with van der Waals surface area (Å²) >= 11 is 1.25. The summed E-state index contributed by atoms with van der Waals surface area (Å²) in [6.45, 7) is 5.03. The van der Waals surface area contributed by atoms with Gasteiger partial charge in [0.25, 0.3) is 0 Å². The van der Waals surface area contributed by atoms with Crippen molar-refractivity contribution in [1.82, 2.24) is 4.98 Å². The molecule has 0 atom stereocenters. The van der Waals surface area contributed by atoms with E-state index in [0.717, 1.165) is 12.8 Å². The molecule has 0 saturated heterocycles. The van der Waals surface area contributed by atoms with E-state index in [1.165, 1.54) is 62.7 Å². The molecule has 0 fully saturated rings. The average molecular weight is 398 g/mol. The molecule has 0 amide bonds. The molecule has 0 aliphatic rings. The molecule has 0 aliphatic carbocycles. The molecule has 0 bridgehead atoms. The zero-order chi connectivity index (χ0) is 19.7. The van der Waals surface area contributed by atoms with Gasteiger partial charge >= 0.3 is 5.97 Å². The fourth-order valence-electron chi connectivity index (χ4n) is 2.79. The Bertz CT molecular complexity index is 530. The lowest BCUT2D eigenvalue weighted by Gasteiger charge is -2.03. The molecular weight excluding hydrogens is 362 g/mol. The quantitative estimate of drug-likeness (QED) is 0.201. The topological polar surface area (TPSA) is 65.5 Å². The van der Waals surface area contributed by atoms with E-state index in [1.54, 1.807) is 12.3 Å². The molecule has 0 aromatic carbocycles. The van der Waals surface area contributed by atoms with E-state index in [2.05, 4.69) is 11.9 Å². The van der Waals surface area contributed by atoms with Crippen LogP contribution in [-0.4, -0.2) is 36.6 Å². The summed E-state index contributed by atoms with van der Waals surface area (Å²) in [5.74, 6) is -0.443. The normalized spacial score (nSPS) is 10.9. The summed E-state index contributed by atoms with van der Waals surface area (Å²) in [4.78, 5) is 27.7. The monoisotopic (exact) mass is 397 g/mol. The van der Waals surface area contributed by atoms with Crippen LogP contribution < -0.4 is 0 Å². The van der Waals surface area contributed by atoms with Crippen LogP contribution in [0, 0.1) is 0 Å². The molecule has 0 spiro atoms. The van der Waals surface area contributed by atoms with Crippen molar-refractivity contribution < 1.29 is 19.1 Å². The fourth-order valence-corrected chi connectivity index (χ4v) is 3.54. The van der Waals surface area contributed by atoms with Crippen molar-refractivity contribution in [3.8, 4) is 0 Å². The Hall–Kier alpha value is -1.27. The number of ether oxygens (including phenoxy) is 2. The lowest BCUT2D eigenvalue weighted by atomic mass is 10.1. The maximum Gasteiger partial charge on any atom is 0.311 e. The van der Waals surface area contributed by atoms with Gasteiger partial charge in [0.05, 0.1) is 18.7 Å². The van der Waals surface area contributed by atoms with Crippen LogP contribution in [-0.2, 0) is 20.7 Å². The first kappa shape index (κ1) is 23.8. The molecule has 1 aromatic rings. The van der Waals surface area contributed by atoms with Crippen molar-refractivity contribution >= 4 is 23.1 Å². The van der Waals surface area contributed by atoms with E-state index >= 15 is 0 Å². The number of carbonyl (C=O) groups excluding carboxylic acids is 2. The number of carbonyl (C=O) groups is 2. The van der Waals surface area contributed by atoms with E-state index in [1.807, 2.05) is 0 Å². The van der Waals surface area contributed by atoms with E-state index in [9.17, 15) is 9.59 Å². The largest absolute Gasteiger partial charge is 0.466 e. The van der Waals surface area contributed by atoms with E-state index < -0.39 is 0 Å². The molecule has 0 aliphatic heterocycles. The van der Waals surface area contributed by atoms with Crippen molar-refractivity contribution in [3.63, 3.8) is 0 Å². The first-order chi connectivity index (χ1) is 13.2. The minimum Gasteiger partial charge on any atom is -0.466 e. The Morgan fingerprint density at radius 2 is 1.59 bits per heavy atom. The molecule has 0 radical (unpaired) electrons. The van der Waals surface area contributed by atoms with Crippen molar-refractivity contribution in [2.24, 2.45) is 0 Å². The number of unbranched alkanes of at least 4 members (excludes halogenated alkanes) is 9. The molecule has 6 heteroatoms. The number of hydrogen-bond acceptors (Lipinski definition) is 6. The number of Topliss-reactive ketones (excluding diaryl/α,β-unsaturated/α-hetero) is 1. The molecule has 1 rings (SSSR count). The minimum atomic E-state index is -0.320. The van der Waals surface area contributed by atoms with Crippen LogP contribution in [0.25, 0.3) is 0 Å². The van der Waals surface area contributed by atoms with Gasteiger partial charge in [-0.1, -0.05) is 64.7 Å². The number of thiazole rings is 1. The first-order valence-electron chi connectivity index (χ1n) is 10.4. The van der Waals surface area contributed by atoms with Crippen LogP contribution in [0.2, 0.25) is 0 Å². The van der Waals surface area contributed by atoms with E-state index in [-0.39, 0.29) is 24.8 Å². The maximum absolute atomic E-state index is 12.1. The van der Waals surface area contributed by atoms with Gasteiger partial charge in [0.2, 0.25) is 5.78 Å². The minimum absolute atomic E-state index is 0.0593. The molecule has 0 unspecified atom stereocenters. The van der Waals surface area contributed by atoms with E-state index in [0.29, 0.717) is 23.9 Å². The summed E-state index contributed by atoms with van der Waals surface area (Å²) in [5, 5.41) is 2.13. The summed E-state index contributed by atoms with van der Waals surface area (Å²) in [6.07, 6.45) is 12.9. The Kier molecular flexibility index (Phi) is 13.9. The Morgan fingerprint density at radius 1 is 0.963 bits per heavy atom. The number of nitrogens with zero attached hydrogens (tertiary/aromatic N) is 1. The highest BCUT2D eigenvalue weighted by Gasteiger charge is 2.13. The third-order valence-electron chi connectivity index (χ3n) is 4.30. The number of ketones is 1. The second kappa shape index (κ2) is 15.8. The van der Waals surface area contributed by atoms with Gasteiger partial charge in [-0.3, -0.25) is 9.59 Å². The molecule has 1 heterocycles. The summed E-state index contributed by atoms with van der Waals surface area (Å²) in [5.41, 5.74) is 0.580. The summed E-state index contributed by atoms with van der Waals surface area (Å²) in [6, 6.07) is 0. The molecule has 27 heavy (non-hydrogen) atoms. The second-order valence-corrected chi connectivity index (χ2v) is 7.64. The Labute approximate surface area is 167 Å². The predicted molar refractivity (Wildman–Crippen MR) is 109 cm³/mol. The fraction of sp³-hybridized carbons (Fsp3) is 0.762. The van der Waals surface area contributed by atoms with Crippen molar-refractivity contribution in [2.75, 3.05) is 19.8 Å². The highest BCUT2D eigenvalue weighted by molar-refractivity contribution is 7.11. The lowest BCUT2D eigenvalue weighted by molar-refractivity contribution is -0.142. The Morgan fingerprint density at radius 3 is 2.22 bits per heavy atom. The lowest BCUT2D eigenvalue weighted by Crippen LogP contribution is -2.11. The first-order valence-corrected chi connectivity index (χ1v) is 11.3. The van der Waals surface area contributed by atoms with Gasteiger partial charge in [0.15, 0.2) is 5.01 Å². The van der Waals surface area contributed by atoms with Crippen molar-refractivity contribution in [2.45, 2.75) is 84.5 Å². The van der Waals surface area contributed by atoms with Crippen LogP contribution in [0.1, 0.15) is 93.6 Å². The third-order valence-corrected chi connectivity index (χ3v) is 5.23. The number of esters is 1. The van der Waals surface area contributed by atoms with Gasteiger partial charge in [0.1, 0.15) is 6.61 Å². The molecular formula is C21H35NO4S. The zero-order valence-corrected chi connectivity index (χ0v) is 17.8. The number of rotatable bonds is 17. The third kappa shape index (κ3) is 11.9. The maximum atomic E-state index is 12.1. The summed E-state index contributed by atoms with van der Waals surface area (Å²) in [7, 11) is 0. The van der Waals surface area contributed by atoms with Gasteiger partial charge < -0.3 is 9.47 Å². The van der Waals surface area contributed by atoms with Crippen LogP contribution >= 0.6 is 11.3 Å². The molecule has 0 saturated carbocycles. The standard InChI is InChI=1S/C21H35NO4S/c1-3-5-6-7-8-9-10-11-12-13-14-25-16-19(23)21-22-18(17-27-21)15-20(24)26-4-2/h17H,3-16H2,1-2H3. The van der Waals surface area contributed by atoms with Gasteiger partial charge in [-0.05, 0) is 13.3 Å². The molecule has 0 N–H and O–H groups in total. The van der Waals surface area contributed by atoms with Gasteiger partial charge in [-0.15, -0.1) is 11.3 Å². The SMILES string of the molecule is CCCCCCCCCCCCOCC(=O)c1nc(CC(=O)OCC)cs1. The highest BCUT2D eigenvalue weighted by atomic mass is 32.1. The van der Waals surface area contributed by atoms with Gasteiger partial charge in [-0.25, -0.2) is 4.98 Å². The van der Waals surface area contributed by atoms with Crippen LogP contribution in [0.4, 0.5) is 0 Å². The molecule has 1 aromatic heterocycles. The van der Waals surface area contributed by atoms with Crippen LogP contribution in [0.5, 0.6) is 0 Å². The number of aromatic nitrogens is 1. The number of hydrogen-bond donors (Lipinski definition) is 0. The van der Waals surface area contributed by atoms with Crippen LogP contribution in [0.3, 0.4) is 0 Å². The smallest absolute Gasteiger partial charge is 0.311 e. The Balaban J connectivity index is 2.01. The molecule has 5 nitrogen and oxygen atoms in total. The van der Waals surface area contributed by atoms with Crippen molar-refractivity contribution in [3.05, 3.63) is 16.1 Å². The van der Waals surface area contributed by atoms with Crippen molar-refractivity contribution in [1.29, 1.82) is 0 Å². The zero-order valence-electron chi connectivity index (χ0n) is 17.0. The van der Waals surface area contributed by atoms with Gasteiger partial charge in [-0.2, -0.15) is 0 Å². The predicted octanol–water partition coefficient (Wildman–Crippen LogP) is 5.37. The second-order valence-electron chi connectivity index (χ2n) is 6.78. The average Bonchev–Trinajstić information content (AvgIpc) is 3.11. The van der Waals surface area contributed by atoms with Gasteiger partial charge in [0, 0.05) is 12.0 Å². The van der Waals surface area contributed by atoms with E-state index in [4.69, 9.17) is 9.47 Å². The highest BCUT2D eigenvalue weighted by Crippen LogP contribution is 2.13. The summed E-state index contributed by atoms with van der Waals surface area (Å²) < 4.78 is 10.4. The molecule has 154 valence electrons.